The molecule has 2 aromatic carbocycles. The normalized spacial score (nSPS) is 11.0. The maximum absolute atomic E-state index is 5.30. The average Bonchev–Trinajstić information content (AvgIpc) is 2.58. The van der Waals surface area contributed by atoms with Crippen LogP contribution in [0.4, 0.5) is 5.69 Å². The van der Waals surface area contributed by atoms with Crippen LogP contribution in [-0.2, 0) is 0 Å². The molecule has 0 aromatic heterocycles. The molecule has 0 atom stereocenters. The topological polar surface area (TPSA) is 40.0 Å². The van der Waals surface area contributed by atoms with Gasteiger partial charge >= 0.3 is 0 Å². The van der Waals surface area contributed by atoms with Crippen molar-refractivity contribution in [1.29, 1.82) is 0 Å². The molecule has 22 heavy (non-hydrogen) atoms. The maximum atomic E-state index is 5.30. The number of rotatable bonds is 6. The second-order valence-corrected chi connectivity index (χ2v) is 4.43. The first-order chi connectivity index (χ1) is 10.8. The van der Waals surface area contributed by atoms with Gasteiger partial charge in [0, 0.05) is 18.3 Å². The number of methoxy groups -OCH3 is 3. The van der Waals surface area contributed by atoms with Gasteiger partial charge in [-0.05, 0) is 11.6 Å². The predicted molar refractivity (Wildman–Crippen MR) is 89.7 cm³/mol. The van der Waals surface area contributed by atoms with E-state index in [0.717, 1.165) is 11.3 Å². The fraction of sp³-hybridized carbons (Fsp3) is 0.167. The maximum Gasteiger partial charge on any atom is 0.203 e. The molecule has 0 heterocycles. The van der Waals surface area contributed by atoms with Crippen molar-refractivity contribution < 1.29 is 14.2 Å². The Hall–Kier alpha value is -2.75. The highest BCUT2D eigenvalue weighted by Crippen LogP contribution is 2.40. The lowest BCUT2D eigenvalue weighted by molar-refractivity contribution is 0.324. The Morgan fingerprint density at radius 3 is 2.05 bits per heavy atom. The van der Waals surface area contributed by atoms with Gasteiger partial charge < -0.3 is 14.2 Å². The van der Waals surface area contributed by atoms with Crippen LogP contribution < -0.4 is 14.2 Å². The van der Waals surface area contributed by atoms with Gasteiger partial charge in [0.2, 0.25) is 5.75 Å². The summed E-state index contributed by atoms with van der Waals surface area (Å²) in [5.41, 5.74) is 1.85. The van der Waals surface area contributed by atoms with E-state index in [2.05, 4.69) is 4.99 Å². The highest BCUT2D eigenvalue weighted by atomic mass is 16.5. The highest BCUT2D eigenvalue weighted by Gasteiger charge is 2.12. The molecular formula is C18H19NO3. The molecule has 0 unspecified atom stereocenters. The van der Waals surface area contributed by atoms with Crippen LogP contribution in [0.5, 0.6) is 17.2 Å². The second kappa shape index (κ2) is 7.88. The molecule has 0 radical (unpaired) electrons. The molecule has 2 aromatic rings. The van der Waals surface area contributed by atoms with Crippen LogP contribution >= 0.6 is 0 Å². The number of ether oxygens (including phenoxy) is 3. The molecule has 0 bridgehead atoms. The third-order valence-corrected chi connectivity index (χ3v) is 3.05. The van der Waals surface area contributed by atoms with Crippen molar-refractivity contribution in [2.24, 2.45) is 4.99 Å². The Kier molecular flexibility index (Phi) is 5.60. The number of allylic oxidation sites excluding steroid dienone is 1. The number of nitrogens with zero attached hydrogens (tertiary/aromatic N) is 1. The van der Waals surface area contributed by atoms with E-state index in [1.807, 2.05) is 42.5 Å². The van der Waals surface area contributed by atoms with Crippen LogP contribution in [0.2, 0.25) is 0 Å². The lowest BCUT2D eigenvalue weighted by atomic mass is 10.2. The molecule has 0 saturated heterocycles. The van der Waals surface area contributed by atoms with E-state index >= 15 is 0 Å². The summed E-state index contributed by atoms with van der Waals surface area (Å²) in [6.45, 7) is 0. The second-order valence-electron chi connectivity index (χ2n) is 4.43. The Morgan fingerprint density at radius 2 is 1.50 bits per heavy atom. The molecular weight excluding hydrogens is 278 g/mol. The molecule has 4 heteroatoms. The minimum Gasteiger partial charge on any atom is -0.493 e. The van der Waals surface area contributed by atoms with Crippen LogP contribution in [0.15, 0.2) is 53.5 Å². The van der Waals surface area contributed by atoms with E-state index in [0.29, 0.717) is 17.2 Å². The summed E-state index contributed by atoms with van der Waals surface area (Å²) >= 11 is 0. The lowest BCUT2D eigenvalue weighted by Crippen LogP contribution is -1.94. The Bertz CT molecular complexity index is 638. The minimum atomic E-state index is 0.559. The predicted octanol–water partition coefficient (Wildman–Crippen LogP) is 4.13. The molecule has 0 N–H and O–H groups in total. The van der Waals surface area contributed by atoms with Crippen molar-refractivity contribution in [2.45, 2.75) is 0 Å². The van der Waals surface area contributed by atoms with Crippen LogP contribution in [0, 0.1) is 0 Å². The molecule has 114 valence electrons. The van der Waals surface area contributed by atoms with E-state index in [9.17, 15) is 0 Å². The van der Waals surface area contributed by atoms with Crippen LogP contribution in [0.1, 0.15) is 5.56 Å². The van der Waals surface area contributed by atoms with Crippen molar-refractivity contribution in [3.05, 3.63) is 54.1 Å². The van der Waals surface area contributed by atoms with Crippen molar-refractivity contribution in [3.63, 3.8) is 0 Å². The van der Waals surface area contributed by atoms with Gasteiger partial charge in [0.15, 0.2) is 11.5 Å². The third kappa shape index (κ3) is 3.88. The fourth-order valence-corrected chi connectivity index (χ4v) is 1.99. The molecule has 0 aliphatic carbocycles. The van der Waals surface area contributed by atoms with Gasteiger partial charge in [0.25, 0.3) is 0 Å². The first-order valence-corrected chi connectivity index (χ1v) is 6.84. The Balaban J connectivity index is 2.19. The SMILES string of the molecule is COc1cc(N=CC=Cc2ccccc2)cc(OC)c1OC. The fourth-order valence-electron chi connectivity index (χ4n) is 1.99. The summed E-state index contributed by atoms with van der Waals surface area (Å²) in [5, 5.41) is 0. The lowest BCUT2D eigenvalue weighted by Gasteiger charge is -2.12. The minimum absolute atomic E-state index is 0.559. The monoisotopic (exact) mass is 297 g/mol. The van der Waals surface area contributed by atoms with Crippen molar-refractivity contribution in [1.82, 2.24) is 0 Å². The summed E-state index contributed by atoms with van der Waals surface area (Å²) < 4.78 is 15.9. The smallest absolute Gasteiger partial charge is 0.203 e. The largest absolute Gasteiger partial charge is 0.493 e. The zero-order valence-electron chi connectivity index (χ0n) is 12.9. The van der Waals surface area contributed by atoms with E-state index in [-0.39, 0.29) is 0 Å². The number of benzene rings is 2. The average molecular weight is 297 g/mol. The molecule has 2 rings (SSSR count). The van der Waals surface area contributed by atoms with Crippen molar-refractivity contribution in [2.75, 3.05) is 21.3 Å². The summed E-state index contributed by atoms with van der Waals surface area (Å²) in [5.74, 6) is 1.73. The van der Waals surface area contributed by atoms with Gasteiger partial charge in [0.1, 0.15) is 0 Å². The summed E-state index contributed by atoms with van der Waals surface area (Å²) in [6.07, 6.45) is 5.60. The number of aliphatic imine (C=N–C) groups is 1. The third-order valence-electron chi connectivity index (χ3n) is 3.05. The zero-order chi connectivity index (χ0) is 15.8. The number of hydrogen-bond acceptors (Lipinski definition) is 4. The molecule has 0 saturated carbocycles. The molecule has 0 aliphatic heterocycles. The van der Waals surface area contributed by atoms with Gasteiger partial charge in [-0.3, -0.25) is 4.99 Å². The molecule has 4 nitrogen and oxygen atoms in total. The van der Waals surface area contributed by atoms with Crippen LogP contribution in [-0.4, -0.2) is 27.5 Å². The van der Waals surface area contributed by atoms with Crippen LogP contribution in [0.3, 0.4) is 0 Å². The van der Waals surface area contributed by atoms with Crippen LogP contribution in [0.25, 0.3) is 6.08 Å². The van der Waals surface area contributed by atoms with Gasteiger partial charge in [-0.1, -0.05) is 36.4 Å². The quantitative estimate of drug-likeness (QED) is 0.753. The van der Waals surface area contributed by atoms with Gasteiger partial charge in [-0.25, -0.2) is 0 Å². The van der Waals surface area contributed by atoms with E-state index in [1.54, 1.807) is 39.7 Å². The van der Waals surface area contributed by atoms with E-state index in [4.69, 9.17) is 14.2 Å². The summed E-state index contributed by atoms with van der Waals surface area (Å²) in [7, 11) is 4.74. The zero-order valence-corrected chi connectivity index (χ0v) is 12.9. The highest BCUT2D eigenvalue weighted by molar-refractivity contribution is 5.81. The van der Waals surface area contributed by atoms with Gasteiger partial charge in [0.05, 0.1) is 27.0 Å². The van der Waals surface area contributed by atoms with Gasteiger partial charge in [-0.2, -0.15) is 0 Å². The number of hydrogen-bond donors (Lipinski definition) is 0. The van der Waals surface area contributed by atoms with E-state index < -0.39 is 0 Å². The summed E-state index contributed by atoms with van der Waals surface area (Å²) in [6, 6.07) is 13.6. The van der Waals surface area contributed by atoms with Gasteiger partial charge in [-0.15, -0.1) is 0 Å². The Labute approximate surface area is 130 Å². The molecule has 0 fully saturated rings. The first kappa shape index (κ1) is 15.6. The van der Waals surface area contributed by atoms with Crippen molar-refractivity contribution in [3.8, 4) is 17.2 Å². The molecule has 0 spiro atoms. The van der Waals surface area contributed by atoms with Crippen molar-refractivity contribution >= 4 is 18.0 Å². The summed E-state index contributed by atoms with van der Waals surface area (Å²) in [4.78, 5) is 4.39. The first-order valence-electron chi connectivity index (χ1n) is 6.84. The standard InChI is InChI=1S/C18H19NO3/c1-20-16-12-15(13-17(21-2)18(16)22-3)19-11-7-10-14-8-5-4-6-9-14/h4-13H,1-3H3. The Morgan fingerprint density at radius 1 is 0.864 bits per heavy atom. The van der Waals surface area contributed by atoms with E-state index in [1.165, 1.54) is 0 Å². The molecule has 0 amide bonds. The molecule has 0 aliphatic rings.